The van der Waals surface area contributed by atoms with Crippen LogP contribution in [-0.4, -0.2) is 81.2 Å². The maximum absolute atomic E-state index is 13.3. The Labute approximate surface area is 216 Å². The Morgan fingerprint density at radius 1 is 1.11 bits per heavy atom. The van der Waals surface area contributed by atoms with Crippen LogP contribution in [0.15, 0.2) is 35.4 Å². The van der Waals surface area contributed by atoms with Gasteiger partial charge >= 0.3 is 6.18 Å². The lowest BCUT2D eigenvalue weighted by molar-refractivity contribution is -0.153. The van der Waals surface area contributed by atoms with Gasteiger partial charge in [0.1, 0.15) is 6.54 Å². The van der Waals surface area contributed by atoms with Crippen LogP contribution in [0.1, 0.15) is 32.3 Å². The van der Waals surface area contributed by atoms with Gasteiger partial charge in [-0.3, -0.25) is 14.2 Å². The van der Waals surface area contributed by atoms with Crippen molar-refractivity contribution >= 4 is 17.5 Å². The molecule has 2 aliphatic heterocycles. The molecule has 13 heteroatoms. The van der Waals surface area contributed by atoms with Crippen LogP contribution in [0.4, 0.5) is 13.2 Å². The molecular formula is C25H29F3N4O6. The highest BCUT2D eigenvalue weighted by Crippen LogP contribution is 2.38. The number of ether oxygens (including phenoxy) is 2. The SMILES string of the molecule is COc1ccc(C2=NN(C3CCN(C(=O)Cn4c(O)ccc4O)CC3)C(=O)C2(C)C)cc1OCC(F)(F)F. The zero-order valence-corrected chi connectivity index (χ0v) is 21.2. The molecule has 38 heavy (non-hydrogen) atoms. The van der Waals surface area contributed by atoms with E-state index in [4.69, 9.17) is 9.47 Å². The van der Waals surface area contributed by atoms with E-state index in [0.29, 0.717) is 37.2 Å². The molecule has 4 rings (SSSR count). The molecule has 1 saturated heterocycles. The second kappa shape index (κ2) is 10.1. The van der Waals surface area contributed by atoms with E-state index in [1.54, 1.807) is 24.8 Å². The van der Waals surface area contributed by atoms with Gasteiger partial charge in [-0.25, -0.2) is 5.01 Å². The summed E-state index contributed by atoms with van der Waals surface area (Å²) < 4.78 is 49.3. The van der Waals surface area contributed by atoms with Crippen molar-refractivity contribution in [1.29, 1.82) is 0 Å². The lowest BCUT2D eigenvalue weighted by Gasteiger charge is -2.35. The van der Waals surface area contributed by atoms with Crippen LogP contribution in [0.5, 0.6) is 23.3 Å². The van der Waals surface area contributed by atoms with E-state index in [2.05, 4.69) is 5.10 Å². The van der Waals surface area contributed by atoms with Crippen LogP contribution in [-0.2, 0) is 16.1 Å². The van der Waals surface area contributed by atoms with E-state index < -0.39 is 18.2 Å². The highest BCUT2D eigenvalue weighted by Gasteiger charge is 2.47. The van der Waals surface area contributed by atoms with Crippen molar-refractivity contribution in [1.82, 2.24) is 14.5 Å². The summed E-state index contributed by atoms with van der Waals surface area (Å²) in [5.41, 5.74) is -0.228. The van der Waals surface area contributed by atoms with Crippen molar-refractivity contribution in [3.63, 3.8) is 0 Å². The number of aromatic nitrogens is 1. The summed E-state index contributed by atoms with van der Waals surface area (Å²) in [6.07, 6.45) is -3.62. The largest absolute Gasteiger partial charge is 0.494 e. The monoisotopic (exact) mass is 538 g/mol. The van der Waals surface area contributed by atoms with Gasteiger partial charge in [0.2, 0.25) is 5.91 Å². The first-order valence-corrected chi connectivity index (χ1v) is 12.0. The van der Waals surface area contributed by atoms with Gasteiger partial charge in [0.05, 0.1) is 24.3 Å². The molecule has 0 atom stereocenters. The van der Waals surface area contributed by atoms with Gasteiger partial charge in [0, 0.05) is 30.8 Å². The first-order valence-electron chi connectivity index (χ1n) is 12.0. The van der Waals surface area contributed by atoms with Crippen LogP contribution in [0.2, 0.25) is 0 Å². The minimum Gasteiger partial charge on any atom is -0.494 e. The van der Waals surface area contributed by atoms with Gasteiger partial charge < -0.3 is 24.6 Å². The fourth-order valence-electron chi connectivity index (χ4n) is 4.63. The number of nitrogens with zero attached hydrogens (tertiary/aromatic N) is 4. The van der Waals surface area contributed by atoms with Crippen LogP contribution < -0.4 is 9.47 Å². The molecule has 1 aromatic carbocycles. The molecular weight excluding hydrogens is 509 g/mol. The molecule has 2 aliphatic rings. The molecule has 0 aliphatic carbocycles. The van der Waals surface area contributed by atoms with Gasteiger partial charge in [0.15, 0.2) is 29.9 Å². The number of alkyl halides is 3. The van der Waals surface area contributed by atoms with E-state index in [1.165, 1.54) is 36.4 Å². The Balaban J connectivity index is 1.48. The first-order chi connectivity index (χ1) is 17.8. The molecule has 0 radical (unpaired) electrons. The predicted octanol–water partition coefficient (Wildman–Crippen LogP) is 3.11. The van der Waals surface area contributed by atoms with Gasteiger partial charge in [-0.2, -0.15) is 18.3 Å². The highest BCUT2D eigenvalue weighted by atomic mass is 19.4. The molecule has 2 amide bonds. The summed E-state index contributed by atoms with van der Waals surface area (Å²) in [4.78, 5) is 27.6. The summed E-state index contributed by atoms with van der Waals surface area (Å²) >= 11 is 0. The number of hydrogen-bond acceptors (Lipinski definition) is 7. The van der Waals surface area contributed by atoms with Crippen molar-refractivity contribution in [2.24, 2.45) is 10.5 Å². The number of hydrazone groups is 1. The van der Waals surface area contributed by atoms with Crippen LogP contribution in [0, 0.1) is 5.41 Å². The number of benzene rings is 1. The molecule has 0 bridgehead atoms. The summed E-state index contributed by atoms with van der Waals surface area (Å²) in [5, 5.41) is 25.6. The van der Waals surface area contributed by atoms with E-state index in [1.807, 2.05) is 0 Å². The van der Waals surface area contributed by atoms with E-state index in [9.17, 15) is 33.0 Å². The summed E-state index contributed by atoms with van der Waals surface area (Å²) in [7, 11) is 1.32. The van der Waals surface area contributed by atoms with Crippen molar-refractivity contribution in [3.05, 3.63) is 35.9 Å². The number of piperidine rings is 1. The lowest BCUT2D eigenvalue weighted by atomic mass is 9.83. The van der Waals surface area contributed by atoms with Crippen LogP contribution in [0.25, 0.3) is 0 Å². The Morgan fingerprint density at radius 2 is 1.74 bits per heavy atom. The third kappa shape index (κ3) is 5.36. The average molecular weight is 539 g/mol. The molecule has 3 heterocycles. The zero-order valence-electron chi connectivity index (χ0n) is 21.2. The number of aromatic hydroxyl groups is 2. The smallest absolute Gasteiger partial charge is 0.422 e. The lowest BCUT2D eigenvalue weighted by Crippen LogP contribution is -2.48. The fourth-order valence-corrected chi connectivity index (χ4v) is 4.63. The van der Waals surface area contributed by atoms with Crippen molar-refractivity contribution in [2.45, 2.75) is 45.5 Å². The number of halogens is 3. The Kier molecular flexibility index (Phi) is 7.22. The second-order valence-electron chi connectivity index (χ2n) is 9.74. The van der Waals surface area contributed by atoms with Crippen LogP contribution >= 0.6 is 0 Å². The summed E-state index contributed by atoms with van der Waals surface area (Å²) in [6, 6.07) is 6.77. The Hall–Kier alpha value is -3.90. The Morgan fingerprint density at radius 3 is 2.32 bits per heavy atom. The molecule has 0 spiro atoms. The van der Waals surface area contributed by atoms with E-state index in [-0.39, 0.29) is 47.7 Å². The molecule has 206 valence electrons. The van der Waals surface area contributed by atoms with Gasteiger partial charge in [-0.15, -0.1) is 0 Å². The predicted molar refractivity (Wildman–Crippen MR) is 129 cm³/mol. The second-order valence-corrected chi connectivity index (χ2v) is 9.74. The van der Waals surface area contributed by atoms with Gasteiger partial charge in [-0.1, -0.05) is 0 Å². The number of likely N-dealkylation sites (tertiary alicyclic amines) is 1. The van der Waals surface area contributed by atoms with Crippen molar-refractivity contribution < 1.29 is 42.4 Å². The average Bonchev–Trinajstić information content (AvgIpc) is 3.31. The number of carbonyl (C=O) groups excluding carboxylic acids is 2. The highest BCUT2D eigenvalue weighted by molar-refractivity contribution is 6.19. The maximum Gasteiger partial charge on any atom is 0.422 e. The van der Waals surface area contributed by atoms with Gasteiger partial charge in [0.25, 0.3) is 5.91 Å². The summed E-state index contributed by atoms with van der Waals surface area (Å²) in [5.74, 6) is -0.972. The van der Waals surface area contributed by atoms with Crippen molar-refractivity contribution in [2.75, 3.05) is 26.8 Å². The number of hydrogen-bond donors (Lipinski definition) is 2. The third-order valence-corrected chi connectivity index (χ3v) is 6.76. The molecule has 2 N–H and O–H groups in total. The zero-order chi connectivity index (χ0) is 27.8. The number of rotatable bonds is 7. The topological polar surface area (TPSA) is 117 Å². The molecule has 1 aromatic heterocycles. The standard InChI is InChI=1S/C25H29F3N4O6/c1-24(2)22(15-4-5-17(37-3)18(12-15)38-14-25(26,27)28)29-32(23(24)36)16-8-10-30(11-9-16)21(35)13-31-19(33)6-7-20(31)34/h4-7,12,16,33-34H,8-11,13-14H2,1-3H3. The maximum atomic E-state index is 13.3. The number of methoxy groups -OCH3 is 1. The quantitative estimate of drug-likeness (QED) is 0.560. The van der Waals surface area contributed by atoms with Crippen LogP contribution in [0.3, 0.4) is 0 Å². The molecule has 2 aromatic rings. The molecule has 10 nitrogen and oxygen atoms in total. The van der Waals surface area contributed by atoms with E-state index >= 15 is 0 Å². The summed E-state index contributed by atoms with van der Waals surface area (Å²) in [6.45, 7) is 2.38. The van der Waals surface area contributed by atoms with Gasteiger partial charge in [-0.05, 0) is 44.9 Å². The number of carbonyl (C=O) groups is 2. The minimum atomic E-state index is -4.53. The number of amides is 2. The molecule has 1 fully saturated rings. The minimum absolute atomic E-state index is 0.113. The fraction of sp³-hybridized carbons (Fsp3) is 0.480. The molecule has 0 unspecified atom stereocenters. The van der Waals surface area contributed by atoms with Crippen molar-refractivity contribution in [3.8, 4) is 23.3 Å². The molecule has 0 saturated carbocycles. The van der Waals surface area contributed by atoms with E-state index in [0.717, 1.165) is 4.57 Å². The normalized spacial score (nSPS) is 18.1. The Bertz CT molecular complexity index is 1230. The third-order valence-electron chi connectivity index (χ3n) is 6.76. The first kappa shape index (κ1) is 27.1.